The van der Waals surface area contributed by atoms with Crippen LogP contribution in [0.25, 0.3) is 0 Å². The monoisotopic (exact) mass is 227 g/mol. The van der Waals surface area contributed by atoms with Gasteiger partial charge in [0.15, 0.2) is 0 Å². The number of carbonyl (C=O) groups excluding carboxylic acids is 1. The Labute approximate surface area is 94.1 Å². The van der Waals surface area contributed by atoms with Crippen LogP contribution in [-0.2, 0) is 11.2 Å². The minimum atomic E-state index is 0.0438. The smallest absolute Gasteiger partial charge is 0.226 e. The maximum absolute atomic E-state index is 11.4. The van der Waals surface area contributed by atoms with Gasteiger partial charge in [-0.05, 0) is 12.8 Å². The molecule has 15 heavy (non-hydrogen) atoms. The van der Waals surface area contributed by atoms with Crippen LogP contribution in [0.3, 0.4) is 0 Å². The van der Waals surface area contributed by atoms with Crippen molar-refractivity contribution in [3.63, 3.8) is 0 Å². The highest BCUT2D eigenvalue weighted by atomic mass is 32.1. The Bertz CT molecular complexity index is 311. The predicted molar refractivity (Wildman–Crippen MR) is 62.1 cm³/mol. The Kier molecular flexibility index (Phi) is 5.25. The number of hydrogen-bond donors (Lipinski definition) is 1. The Hall–Kier alpha value is -0.970. The van der Waals surface area contributed by atoms with Gasteiger partial charge in [0, 0.05) is 6.42 Å². The van der Waals surface area contributed by atoms with E-state index in [1.807, 2.05) is 6.92 Å². The fourth-order valence-electron chi connectivity index (χ4n) is 1.16. The third-order valence-electron chi connectivity index (χ3n) is 2.02. The highest BCUT2D eigenvalue weighted by Gasteiger charge is 2.06. The van der Waals surface area contributed by atoms with E-state index in [1.54, 1.807) is 0 Å². The minimum absolute atomic E-state index is 0.0438. The second kappa shape index (κ2) is 6.50. The maximum Gasteiger partial charge on any atom is 0.226 e. The molecule has 5 heteroatoms. The van der Waals surface area contributed by atoms with Gasteiger partial charge >= 0.3 is 0 Å². The molecule has 1 rings (SSSR count). The lowest BCUT2D eigenvalue weighted by Crippen LogP contribution is -2.10. The van der Waals surface area contributed by atoms with Crippen LogP contribution >= 0.6 is 11.3 Å². The first-order chi connectivity index (χ1) is 7.26. The quantitative estimate of drug-likeness (QED) is 0.760. The molecule has 0 aromatic carbocycles. The van der Waals surface area contributed by atoms with Crippen LogP contribution in [0.2, 0.25) is 0 Å². The molecule has 0 bridgehead atoms. The standard InChI is InChI=1S/C10H17N3OS/c1-3-5-6-7-8(14)11-10-13-12-9(4-2)15-10/h3-7H2,1-2H3,(H,11,13,14). The molecule has 0 saturated heterocycles. The second-order valence-electron chi connectivity index (χ2n) is 3.36. The maximum atomic E-state index is 11.4. The number of amides is 1. The van der Waals surface area contributed by atoms with E-state index in [-0.39, 0.29) is 5.91 Å². The molecule has 0 saturated carbocycles. The van der Waals surface area contributed by atoms with Crippen LogP contribution in [0.15, 0.2) is 0 Å². The normalized spacial score (nSPS) is 10.3. The van der Waals surface area contributed by atoms with E-state index in [4.69, 9.17) is 0 Å². The van der Waals surface area contributed by atoms with Crippen LogP contribution in [0.1, 0.15) is 44.5 Å². The van der Waals surface area contributed by atoms with Crippen molar-refractivity contribution in [1.29, 1.82) is 0 Å². The summed E-state index contributed by atoms with van der Waals surface area (Å²) in [4.78, 5) is 11.4. The Morgan fingerprint density at radius 3 is 2.73 bits per heavy atom. The molecule has 0 fully saturated rings. The van der Waals surface area contributed by atoms with E-state index < -0.39 is 0 Å². The summed E-state index contributed by atoms with van der Waals surface area (Å²) in [7, 11) is 0. The van der Waals surface area contributed by atoms with Crippen molar-refractivity contribution in [2.45, 2.75) is 46.0 Å². The van der Waals surface area contributed by atoms with Crippen LogP contribution < -0.4 is 5.32 Å². The molecule has 0 unspecified atom stereocenters. The van der Waals surface area contributed by atoms with Crippen LogP contribution in [-0.4, -0.2) is 16.1 Å². The fraction of sp³-hybridized carbons (Fsp3) is 0.700. The zero-order valence-electron chi connectivity index (χ0n) is 9.25. The number of anilines is 1. The van der Waals surface area contributed by atoms with Crippen LogP contribution in [0.5, 0.6) is 0 Å². The third kappa shape index (κ3) is 4.38. The molecule has 0 atom stereocenters. The first-order valence-corrected chi connectivity index (χ1v) is 6.20. The first kappa shape index (κ1) is 12.1. The largest absolute Gasteiger partial charge is 0.301 e. The molecule has 1 amide bonds. The molecular formula is C10H17N3OS. The Morgan fingerprint density at radius 2 is 2.13 bits per heavy atom. The number of nitrogens with zero attached hydrogens (tertiary/aromatic N) is 2. The molecule has 0 aliphatic heterocycles. The molecule has 1 N–H and O–H groups in total. The van der Waals surface area contributed by atoms with Crippen LogP contribution in [0, 0.1) is 0 Å². The van der Waals surface area contributed by atoms with Crippen molar-refractivity contribution in [3.8, 4) is 0 Å². The van der Waals surface area contributed by atoms with E-state index in [2.05, 4.69) is 22.4 Å². The number of nitrogens with one attached hydrogen (secondary N) is 1. The number of aromatic nitrogens is 2. The van der Waals surface area contributed by atoms with E-state index in [0.717, 1.165) is 30.7 Å². The number of unbranched alkanes of at least 4 members (excludes halogenated alkanes) is 2. The van der Waals surface area contributed by atoms with E-state index in [0.29, 0.717) is 11.6 Å². The van der Waals surface area contributed by atoms with E-state index >= 15 is 0 Å². The molecule has 1 aromatic rings. The van der Waals surface area contributed by atoms with Gasteiger partial charge in [0.25, 0.3) is 0 Å². The second-order valence-corrected chi connectivity index (χ2v) is 4.42. The van der Waals surface area contributed by atoms with Gasteiger partial charge in [0.05, 0.1) is 0 Å². The summed E-state index contributed by atoms with van der Waals surface area (Å²) in [5, 5.41) is 12.2. The summed E-state index contributed by atoms with van der Waals surface area (Å²) in [6.07, 6.45) is 4.62. The zero-order chi connectivity index (χ0) is 11.1. The van der Waals surface area contributed by atoms with Gasteiger partial charge in [0.1, 0.15) is 5.01 Å². The number of hydrogen-bond acceptors (Lipinski definition) is 4. The van der Waals surface area contributed by atoms with E-state index in [1.165, 1.54) is 11.3 Å². The van der Waals surface area contributed by atoms with Crippen LogP contribution in [0.4, 0.5) is 5.13 Å². The molecule has 1 heterocycles. The van der Waals surface area contributed by atoms with Gasteiger partial charge in [-0.2, -0.15) is 0 Å². The molecule has 0 aliphatic rings. The molecule has 84 valence electrons. The molecule has 0 spiro atoms. The molecule has 0 aliphatic carbocycles. The van der Waals surface area contributed by atoms with Gasteiger partial charge in [-0.25, -0.2) is 0 Å². The van der Waals surface area contributed by atoms with Gasteiger partial charge < -0.3 is 5.32 Å². The predicted octanol–water partition coefficient (Wildman–Crippen LogP) is 2.62. The highest BCUT2D eigenvalue weighted by Crippen LogP contribution is 2.15. The summed E-state index contributed by atoms with van der Waals surface area (Å²) in [6.45, 7) is 4.14. The van der Waals surface area contributed by atoms with Crippen molar-refractivity contribution in [2.75, 3.05) is 5.32 Å². The van der Waals surface area contributed by atoms with Gasteiger partial charge in [0.2, 0.25) is 11.0 Å². The summed E-state index contributed by atoms with van der Waals surface area (Å²) in [5.41, 5.74) is 0. The van der Waals surface area contributed by atoms with E-state index in [9.17, 15) is 4.79 Å². The lowest BCUT2D eigenvalue weighted by Gasteiger charge is -1.99. The van der Waals surface area contributed by atoms with Crippen molar-refractivity contribution >= 4 is 22.4 Å². The molecule has 4 nitrogen and oxygen atoms in total. The van der Waals surface area contributed by atoms with Gasteiger partial charge in [-0.15, -0.1) is 10.2 Å². The average molecular weight is 227 g/mol. The molecule has 0 radical (unpaired) electrons. The van der Waals surface area contributed by atoms with Crippen molar-refractivity contribution in [3.05, 3.63) is 5.01 Å². The molecular weight excluding hydrogens is 210 g/mol. The topological polar surface area (TPSA) is 54.9 Å². The zero-order valence-corrected chi connectivity index (χ0v) is 10.1. The highest BCUT2D eigenvalue weighted by molar-refractivity contribution is 7.15. The third-order valence-corrected chi connectivity index (χ3v) is 3.01. The number of aryl methyl sites for hydroxylation is 1. The number of carbonyl (C=O) groups is 1. The fourth-order valence-corrected chi connectivity index (χ4v) is 1.86. The molecule has 1 aromatic heterocycles. The van der Waals surface area contributed by atoms with Crippen molar-refractivity contribution in [2.24, 2.45) is 0 Å². The SMILES string of the molecule is CCCCCC(=O)Nc1nnc(CC)s1. The summed E-state index contributed by atoms with van der Waals surface area (Å²) in [5.74, 6) is 0.0438. The van der Waals surface area contributed by atoms with Crippen molar-refractivity contribution < 1.29 is 4.79 Å². The van der Waals surface area contributed by atoms with Gasteiger partial charge in [-0.3, -0.25) is 4.79 Å². The lowest BCUT2D eigenvalue weighted by molar-refractivity contribution is -0.116. The summed E-state index contributed by atoms with van der Waals surface area (Å²) < 4.78 is 0. The first-order valence-electron chi connectivity index (χ1n) is 5.38. The van der Waals surface area contributed by atoms with Gasteiger partial charge in [-0.1, -0.05) is 38.0 Å². The summed E-state index contributed by atoms with van der Waals surface area (Å²) in [6, 6.07) is 0. The Balaban J connectivity index is 2.31. The summed E-state index contributed by atoms with van der Waals surface area (Å²) >= 11 is 1.45. The lowest BCUT2D eigenvalue weighted by atomic mass is 10.2. The minimum Gasteiger partial charge on any atom is -0.301 e. The Morgan fingerprint density at radius 1 is 1.33 bits per heavy atom. The number of rotatable bonds is 6. The van der Waals surface area contributed by atoms with Crippen molar-refractivity contribution in [1.82, 2.24) is 10.2 Å². The average Bonchev–Trinajstić information content (AvgIpc) is 2.66.